The first-order valence-electron chi connectivity index (χ1n) is 6.71. The van der Waals surface area contributed by atoms with Gasteiger partial charge in [-0.3, -0.25) is 4.79 Å². The van der Waals surface area contributed by atoms with Crippen molar-refractivity contribution in [1.29, 1.82) is 0 Å². The van der Waals surface area contributed by atoms with Crippen LogP contribution in [0.3, 0.4) is 0 Å². The maximum Gasteiger partial charge on any atom is 0.240 e. The van der Waals surface area contributed by atoms with Crippen molar-refractivity contribution < 1.29 is 4.79 Å². The number of hydrogen-bond donors (Lipinski definition) is 1. The van der Waals surface area contributed by atoms with Crippen molar-refractivity contribution >= 4 is 5.91 Å². The van der Waals surface area contributed by atoms with Crippen molar-refractivity contribution in [3.63, 3.8) is 0 Å². The zero-order valence-corrected chi connectivity index (χ0v) is 11.4. The van der Waals surface area contributed by atoms with Crippen LogP contribution in [0.15, 0.2) is 30.3 Å². The molecule has 1 fully saturated rings. The summed E-state index contributed by atoms with van der Waals surface area (Å²) in [5.41, 5.74) is 1.20. The first kappa shape index (κ1) is 13.1. The summed E-state index contributed by atoms with van der Waals surface area (Å²) in [4.78, 5) is 14.3. The van der Waals surface area contributed by atoms with Crippen LogP contribution in [-0.2, 0) is 4.79 Å². The Labute approximate surface area is 109 Å². The molecular weight excluding hydrogens is 224 g/mol. The Balaban J connectivity index is 2.05. The third-order valence-corrected chi connectivity index (χ3v) is 3.52. The highest BCUT2D eigenvalue weighted by Gasteiger charge is 2.34. The number of hydrogen-bond acceptors (Lipinski definition) is 2. The molecule has 0 saturated carbocycles. The van der Waals surface area contributed by atoms with Crippen molar-refractivity contribution in [2.45, 2.75) is 45.3 Å². The monoisotopic (exact) mass is 246 g/mol. The molecule has 1 aliphatic heterocycles. The maximum absolute atomic E-state index is 12.3. The van der Waals surface area contributed by atoms with E-state index in [0.29, 0.717) is 6.04 Å². The molecule has 2 unspecified atom stereocenters. The molecule has 2 rings (SSSR count). The Morgan fingerprint density at radius 3 is 2.50 bits per heavy atom. The zero-order chi connectivity index (χ0) is 13.1. The number of benzene rings is 1. The fraction of sp³-hybridized carbons (Fsp3) is 0.533. The van der Waals surface area contributed by atoms with Gasteiger partial charge in [-0.1, -0.05) is 44.2 Å². The van der Waals surface area contributed by atoms with Crippen LogP contribution >= 0.6 is 0 Å². The van der Waals surface area contributed by atoms with E-state index in [1.165, 1.54) is 5.56 Å². The molecule has 1 saturated heterocycles. The molecule has 1 aliphatic rings. The van der Waals surface area contributed by atoms with E-state index in [4.69, 9.17) is 0 Å². The SMILES string of the molecule is CC(C)NC1CCN(C(C)c2ccccc2)C1=O. The van der Waals surface area contributed by atoms with Gasteiger partial charge in [0.05, 0.1) is 12.1 Å². The summed E-state index contributed by atoms with van der Waals surface area (Å²) < 4.78 is 0. The van der Waals surface area contributed by atoms with Crippen LogP contribution < -0.4 is 5.32 Å². The summed E-state index contributed by atoms with van der Waals surface area (Å²) in [7, 11) is 0. The highest BCUT2D eigenvalue weighted by Crippen LogP contribution is 2.25. The Hall–Kier alpha value is -1.35. The summed E-state index contributed by atoms with van der Waals surface area (Å²) in [6, 6.07) is 10.7. The van der Waals surface area contributed by atoms with Gasteiger partial charge in [0.1, 0.15) is 0 Å². The lowest BCUT2D eigenvalue weighted by atomic mass is 10.1. The van der Waals surface area contributed by atoms with Crippen LogP contribution in [0.25, 0.3) is 0 Å². The Morgan fingerprint density at radius 2 is 1.89 bits per heavy atom. The highest BCUT2D eigenvalue weighted by atomic mass is 16.2. The first-order valence-corrected chi connectivity index (χ1v) is 6.71. The molecule has 98 valence electrons. The molecule has 3 heteroatoms. The summed E-state index contributed by atoms with van der Waals surface area (Å²) in [5, 5.41) is 3.34. The van der Waals surface area contributed by atoms with Crippen LogP contribution in [0.1, 0.15) is 38.8 Å². The van der Waals surface area contributed by atoms with Crippen molar-refractivity contribution in [2.24, 2.45) is 0 Å². The number of amides is 1. The molecule has 0 radical (unpaired) electrons. The van der Waals surface area contributed by atoms with E-state index in [0.717, 1.165) is 13.0 Å². The summed E-state index contributed by atoms with van der Waals surface area (Å²) in [6.45, 7) is 7.11. The van der Waals surface area contributed by atoms with E-state index < -0.39 is 0 Å². The molecular formula is C15H22N2O. The second kappa shape index (κ2) is 5.53. The van der Waals surface area contributed by atoms with Crippen LogP contribution in [0.2, 0.25) is 0 Å². The third kappa shape index (κ3) is 2.72. The zero-order valence-electron chi connectivity index (χ0n) is 11.4. The molecule has 0 spiro atoms. The fourth-order valence-electron chi connectivity index (χ4n) is 2.56. The predicted octanol–water partition coefficient (Wildman–Crippen LogP) is 2.35. The topological polar surface area (TPSA) is 32.3 Å². The van der Waals surface area contributed by atoms with Crippen molar-refractivity contribution in [3.05, 3.63) is 35.9 Å². The molecule has 0 bridgehead atoms. The average Bonchev–Trinajstić information content (AvgIpc) is 2.71. The van der Waals surface area contributed by atoms with Crippen molar-refractivity contribution in [1.82, 2.24) is 10.2 Å². The van der Waals surface area contributed by atoms with Gasteiger partial charge in [0.15, 0.2) is 0 Å². The average molecular weight is 246 g/mol. The minimum Gasteiger partial charge on any atom is -0.335 e. The van der Waals surface area contributed by atoms with Crippen LogP contribution in [-0.4, -0.2) is 29.4 Å². The lowest BCUT2D eigenvalue weighted by Gasteiger charge is -2.25. The predicted molar refractivity (Wildman–Crippen MR) is 73.2 cm³/mol. The Bertz CT molecular complexity index is 402. The molecule has 3 nitrogen and oxygen atoms in total. The van der Waals surface area contributed by atoms with Crippen LogP contribution in [0, 0.1) is 0 Å². The minimum absolute atomic E-state index is 0.00355. The molecule has 1 amide bonds. The quantitative estimate of drug-likeness (QED) is 0.884. The van der Waals surface area contributed by atoms with Gasteiger partial charge in [-0.15, -0.1) is 0 Å². The molecule has 1 aromatic rings. The van der Waals surface area contributed by atoms with Gasteiger partial charge in [-0.05, 0) is 18.9 Å². The standard InChI is InChI=1S/C15H22N2O/c1-11(2)16-14-9-10-17(15(14)18)12(3)13-7-5-4-6-8-13/h4-8,11-12,14,16H,9-10H2,1-3H3. The number of carbonyl (C=O) groups is 1. The Kier molecular flexibility index (Phi) is 4.02. The smallest absolute Gasteiger partial charge is 0.240 e. The molecule has 1 N–H and O–H groups in total. The lowest BCUT2D eigenvalue weighted by Crippen LogP contribution is -2.42. The van der Waals surface area contributed by atoms with E-state index in [2.05, 4.69) is 38.2 Å². The Morgan fingerprint density at radius 1 is 1.22 bits per heavy atom. The van der Waals surface area contributed by atoms with E-state index in [1.54, 1.807) is 0 Å². The third-order valence-electron chi connectivity index (χ3n) is 3.52. The molecule has 0 aromatic heterocycles. The second-order valence-electron chi connectivity index (χ2n) is 5.28. The van der Waals surface area contributed by atoms with Gasteiger partial charge < -0.3 is 10.2 Å². The number of nitrogens with zero attached hydrogens (tertiary/aromatic N) is 1. The largest absolute Gasteiger partial charge is 0.335 e. The molecule has 0 aliphatic carbocycles. The molecule has 2 atom stereocenters. The van der Waals surface area contributed by atoms with Gasteiger partial charge >= 0.3 is 0 Å². The van der Waals surface area contributed by atoms with Gasteiger partial charge in [0.25, 0.3) is 0 Å². The first-order chi connectivity index (χ1) is 8.59. The summed E-state index contributed by atoms with van der Waals surface area (Å²) in [5.74, 6) is 0.236. The van der Waals surface area contributed by atoms with Crippen molar-refractivity contribution in [3.8, 4) is 0 Å². The van der Waals surface area contributed by atoms with E-state index in [-0.39, 0.29) is 18.0 Å². The van der Waals surface area contributed by atoms with E-state index in [1.807, 2.05) is 23.1 Å². The maximum atomic E-state index is 12.3. The van der Waals surface area contributed by atoms with Gasteiger partial charge in [-0.2, -0.15) is 0 Å². The van der Waals surface area contributed by atoms with Crippen LogP contribution in [0.4, 0.5) is 0 Å². The number of carbonyl (C=O) groups excluding carboxylic acids is 1. The summed E-state index contributed by atoms with van der Waals surface area (Å²) >= 11 is 0. The van der Waals surface area contributed by atoms with Crippen molar-refractivity contribution in [2.75, 3.05) is 6.54 Å². The minimum atomic E-state index is -0.00355. The molecule has 18 heavy (non-hydrogen) atoms. The number of nitrogens with one attached hydrogen (secondary N) is 1. The highest BCUT2D eigenvalue weighted by molar-refractivity contribution is 5.84. The molecule has 1 aromatic carbocycles. The van der Waals surface area contributed by atoms with Crippen LogP contribution in [0.5, 0.6) is 0 Å². The van der Waals surface area contributed by atoms with Gasteiger partial charge in [-0.25, -0.2) is 0 Å². The summed E-state index contributed by atoms with van der Waals surface area (Å²) in [6.07, 6.45) is 0.911. The number of rotatable bonds is 4. The normalized spacial score (nSPS) is 21.7. The fourth-order valence-corrected chi connectivity index (χ4v) is 2.56. The second-order valence-corrected chi connectivity index (χ2v) is 5.28. The van der Waals surface area contributed by atoms with E-state index >= 15 is 0 Å². The van der Waals surface area contributed by atoms with E-state index in [9.17, 15) is 4.79 Å². The number of likely N-dealkylation sites (tertiary alicyclic amines) is 1. The lowest BCUT2D eigenvalue weighted by molar-refractivity contribution is -0.131. The van der Waals surface area contributed by atoms with Gasteiger partial charge in [0.2, 0.25) is 5.91 Å². The molecule has 1 heterocycles. The van der Waals surface area contributed by atoms with Gasteiger partial charge in [0, 0.05) is 12.6 Å².